The summed E-state index contributed by atoms with van der Waals surface area (Å²) in [5.41, 5.74) is 2.84. The van der Waals surface area contributed by atoms with Gasteiger partial charge in [-0.05, 0) is 82.8 Å². The van der Waals surface area contributed by atoms with Crippen LogP contribution in [0.3, 0.4) is 0 Å². The highest BCUT2D eigenvalue weighted by atomic mass is 127. The molecular weight excluding hydrogens is 606 g/mol. The molecule has 0 aliphatic carbocycles. The van der Waals surface area contributed by atoms with E-state index in [2.05, 4.69) is 93.7 Å². The normalized spacial score (nSPS) is 11.0. The Bertz CT molecular complexity index is 607. The molecule has 0 spiro atoms. The second-order valence-electron chi connectivity index (χ2n) is 8.51. The van der Waals surface area contributed by atoms with Gasteiger partial charge in [0, 0.05) is 0 Å². The Labute approximate surface area is 218 Å². The SMILES string of the molecule is ICCCCCCCCc1ccc(Oc2ccc(CCCCCCCCI)cc2)cc1. The fraction of sp³-hybridized carbons (Fsp3) is 0.571. The Hall–Kier alpha value is -0.300. The minimum Gasteiger partial charge on any atom is -0.457 e. The summed E-state index contributed by atoms with van der Waals surface area (Å²) in [5.74, 6) is 1.86. The lowest BCUT2D eigenvalue weighted by atomic mass is 10.0. The minimum atomic E-state index is 0.932. The molecule has 0 aliphatic heterocycles. The van der Waals surface area contributed by atoms with Crippen LogP contribution in [0.25, 0.3) is 0 Å². The number of benzene rings is 2. The van der Waals surface area contributed by atoms with Crippen LogP contribution in [0.15, 0.2) is 48.5 Å². The molecule has 2 aromatic rings. The zero-order valence-corrected chi connectivity index (χ0v) is 23.4. The number of alkyl halides is 2. The monoisotopic (exact) mass is 646 g/mol. The van der Waals surface area contributed by atoms with Crippen molar-refractivity contribution in [1.82, 2.24) is 0 Å². The van der Waals surface area contributed by atoms with Crippen LogP contribution in [0.2, 0.25) is 0 Å². The molecule has 31 heavy (non-hydrogen) atoms. The number of hydrogen-bond acceptors (Lipinski definition) is 1. The Morgan fingerprint density at radius 1 is 0.419 bits per heavy atom. The highest BCUT2D eigenvalue weighted by molar-refractivity contribution is 14.1. The molecule has 0 bridgehead atoms. The molecule has 3 heteroatoms. The molecule has 1 nitrogen and oxygen atoms in total. The molecule has 0 saturated heterocycles. The highest BCUT2D eigenvalue weighted by Crippen LogP contribution is 2.23. The van der Waals surface area contributed by atoms with Crippen molar-refractivity contribution in [3.63, 3.8) is 0 Å². The van der Waals surface area contributed by atoms with Gasteiger partial charge in [0.25, 0.3) is 0 Å². The van der Waals surface area contributed by atoms with Crippen LogP contribution >= 0.6 is 45.2 Å². The van der Waals surface area contributed by atoms with Crippen molar-refractivity contribution >= 4 is 45.2 Å². The number of hydrogen-bond donors (Lipinski definition) is 0. The first kappa shape index (κ1) is 26.9. The van der Waals surface area contributed by atoms with Crippen molar-refractivity contribution in [3.05, 3.63) is 59.7 Å². The van der Waals surface area contributed by atoms with Crippen molar-refractivity contribution in [2.45, 2.75) is 89.9 Å². The van der Waals surface area contributed by atoms with Gasteiger partial charge in [0.05, 0.1) is 0 Å². The molecular formula is C28H40I2O. The molecule has 0 heterocycles. The number of rotatable bonds is 18. The molecule has 0 amide bonds. The van der Waals surface area contributed by atoms with E-state index in [4.69, 9.17) is 4.74 Å². The second-order valence-corrected chi connectivity index (χ2v) is 10.7. The molecule has 0 aromatic heterocycles. The van der Waals surface area contributed by atoms with Gasteiger partial charge in [-0.3, -0.25) is 0 Å². The first-order valence-corrected chi connectivity index (χ1v) is 15.3. The van der Waals surface area contributed by atoms with Gasteiger partial charge in [0.15, 0.2) is 0 Å². The van der Waals surface area contributed by atoms with E-state index in [1.807, 2.05) is 0 Å². The first-order valence-electron chi connectivity index (χ1n) is 12.3. The summed E-state index contributed by atoms with van der Waals surface area (Å²) in [5, 5.41) is 0. The minimum absolute atomic E-state index is 0.932. The largest absolute Gasteiger partial charge is 0.457 e. The lowest BCUT2D eigenvalue weighted by Crippen LogP contribution is -1.90. The van der Waals surface area contributed by atoms with Crippen LogP contribution in [-0.4, -0.2) is 8.86 Å². The zero-order chi connectivity index (χ0) is 22.0. The first-order chi connectivity index (χ1) is 15.3. The summed E-state index contributed by atoms with van der Waals surface area (Å²) < 4.78 is 8.65. The van der Waals surface area contributed by atoms with Gasteiger partial charge < -0.3 is 4.74 Å². The molecule has 172 valence electrons. The molecule has 0 fully saturated rings. The maximum absolute atomic E-state index is 6.05. The molecule has 0 aliphatic rings. The van der Waals surface area contributed by atoms with E-state index in [-0.39, 0.29) is 0 Å². The highest BCUT2D eigenvalue weighted by Gasteiger charge is 2.01. The van der Waals surface area contributed by atoms with Gasteiger partial charge in [0.1, 0.15) is 11.5 Å². The van der Waals surface area contributed by atoms with Crippen LogP contribution in [0.4, 0.5) is 0 Å². The van der Waals surface area contributed by atoms with Crippen LogP contribution in [0, 0.1) is 0 Å². The van der Waals surface area contributed by atoms with E-state index >= 15 is 0 Å². The van der Waals surface area contributed by atoms with Gasteiger partial charge in [-0.2, -0.15) is 0 Å². The van der Waals surface area contributed by atoms with E-state index in [0.29, 0.717) is 0 Å². The molecule has 0 N–H and O–H groups in total. The molecule has 2 rings (SSSR count). The van der Waals surface area contributed by atoms with Crippen LogP contribution in [0.5, 0.6) is 11.5 Å². The van der Waals surface area contributed by atoms with Crippen molar-refractivity contribution in [3.8, 4) is 11.5 Å². The van der Waals surface area contributed by atoms with Gasteiger partial charge in [0.2, 0.25) is 0 Å². The van der Waals surface area contributed by atoms with Gasteiger partial charge in [-0.1, -0.05) is 121 Å². The Kier molecular flexibility index (Phi) is 15.8. The van der Waals surface area contributed by atoms with Crippen LogP contribution in [-0.2, 0) is 12.8 Å². The zero-order valence-electron chi connectivity index (χ0n) is 19.1. The maximum atomic E-state index is 6.05. The van der Waals surface area contributed by atoms with Crippen LogP contribution < -0.4 is 4.74 Å². The number of aryl methyl sites for hydroxylation is 2. The lowest BCUT2D eigenvalue weighted by molar-refractivity contribution is 0.482. The third-order valence-electron chi connectivity index (χ3n) is 5.78. The number of ether oxygens (including phenoxy) is 1. The summed E-state index contributed by atoms with van der Waals surface area (Å²) in [6.07, 6.45) is 18.8. The standard InChI is InChI=1S/C28H40I2O/c29-23-11-7-3-1-5-9-13-25-15-19-27(20-16-25)31-28-21-17-26(18-22-28)14-10-6-2-4-8-12-24-30/h15-22H,1-14,23-24H2. The Morgan fingerprint density at radius 3 is 1.10 bits per heavy atom. The van der Waals surface area contributed by atoms with Gasteiger partial charge >= 0.3 is 0 Å². The fourth-order valence-corrected chi connectivity index (χ4v) is 4.92. The molecule has 0 atom stereocenters. The van der Waals surface area contributed by atoms with Crippen molar-refractivity contribution in [1.29, 1.82) is 0 Å². The Balaban J connectivity index is 1.61. The van der Waals surface area contributed by atoms with Gasteiger partial charge in [-0.25, -0.2) is 0 Å². The lowest BCUT2D eigenvalue weighted by Gasteiger charge is -2.08. The summed E-state index contributed by atoms with van der Waals surface area (Å²) in [6.45, 7) is 0. The van der Waals surface area contributed by atoms with E-state index in [0.717, 1.165) is 11.5 Å². The topological polar surface area (TPSA) is 9.23 Å². The predicted octanol–water partition coefficient (Wildman–Crippen LogP) is 10.1. The van der Waals surface area contributed by atoms with Crippen molar-refractivity contribution < 1.29 is 4.74 Å². The second kappa shape index (κ2) is 18.2. The van der Waals surface area contributed by atoms with Crippen molar-refractivity contribution in [2.75, 3.05) is 8.86 Å². The van der Waals surface area contributed by atoms with E-state index < -0.39 is 0 Å². The van der Waals surface area contributed by atoms with Crippen molar-refractivity contribution in [2.24, 2.45) is 0 Å². The van der Waals surface area contributed by atoms with Crippen LogP contribution in [0.1, 0.15) is 88.2 Å². The number of halogens is 2. The third-order valence-corrected chi connectivity index (χ3v) is 7.31. The third kappa shape index (κ3) is 13.1. The summed E-state index contributed by atoms with van der Waals surface area (Å²) in [4.78, 5) is 0. The Morgan fingerprint density at radius 2 is 0.742 bits per heavy atom. The molecule has 0 saturated carbocycles. The average molecular weight is 646 g/mol. The van der Waals surface area contributed by atoms with E-state index in [9.17, 15) is 0 Å². The summed E-state index contributed by atoms with van der Waals surface area (Å²) in [7, 11) is 0. The summed E-state index contributed by atoms with van der Waals surface area (Å²) in [6, 6.07) is 17.3. The molecule has 0 radical (unpaired) electrons. The maximum Gasteiger partial charge on any atom is 0.127 e. The quantitative estimate of drug-likeness (QED) is 0.0890. The molecule has 2 aromatic carbocycles. The van der Waals surface area contributed by atoms with Gasteiger partial charge in [-0.15, -0.1) is 0 Å². The average Bonchev–Trinajstić information content (AvgIpc) is 2.80. The smallest absolute Gasteiger partial charge is 0.127 e. The molecule has 0 unspecified atom stereocenters. The predicted molar refractivity (Wildman–Crippen MR) is 154 cm³/mol. The van der Waals surface area contributed by atoms with E-state index in [1.54, 1.807) is 0 Å². The summed E-state index contributed by atoms with van der Waals surface area (Å²) >= 11 is 4.95. The fourth-order valence-electron chi connectivity index (χ4n) is 3.85. The van der Waals surface area contributed by atoms with E-state index in [1.165, 1.54) is 110 Å². The number of unbranched alkanes of at least 4 members (excludes halogenated alkanes) is 10.